The Kier molecular flexibility index (Phi) is 4.01. The number of hydrogen-bond donors (Lipinski definition) is 2. The standard InChI is InChI=1S/C11H11F3N4O2S/c1-21(19,20)18-9(10-15-6-16-17-10)7-3-2-4-8(5-7)11(12,13)14/h2-6,9,18H,1H3,(H,15,16,17)/t9-/m1/s1. The van der Waals surface area contributed by atoms with Crippen LogP contribution >= 0.6 is 0 Å². The molecule has 1 atom stereocenters. The highest BCUT2D eigenvalue weighted by Gasteiger charge is 2.31. The van der Waals surface area contributed by atoms with E-state index < -0.39 is 27.8 Å². The van der Waals surface area contributed by atoms with Crippen molar-refractivity contribution < 1.29 is 21.6 Å². The van der Waals surface area contributed by atoms with E-state index in [1.54, 1.807) is 0 Å². The molecule has 0 radical (unpaired) electrons. The third-order valence-corrected chi connectivity index (χ3v) is 3.25. The lowest BCUT2D eigenvalue weighted by molar-refractivity contribution is -0.137. The van der Waals surface area contributed by atoms with Crippen molar-refractivity contribution >= 4 is 10.0 Å². The van der Waals surface area contributed by atoms with E-state index in [-0.39, 0.29) is 11.4 Å². The Bertz CT molecular complexity index is 713. The van der Waals surface area contributed by atoms with Gasteiger partial charge in [0.1, 0.15) is 18.2 Å². The predicted octanol–water partition coefficient (Wildman–Crippen LogP) is 1.46. The number of aromatic nitrogens is 3. The number of nitrogens with one attached hydrogen (secondary N) is 2. The fourth-order valence-corrected chi connectivity index (χ4v) is 2.42. The third kappa shape index (κ3) is 4.02. The summed E-state index contributed by atoms with van der Waals surface area (Å²) in [4.78, 5) is 3.79. The molecule has 2 rings (SSSR count). The average Bonchev–Trinajstić information content (AvgIpc) is 2.87. The summed E-state index contributed by atoms with van der Waals surface area (Å²) < 4.78 is 63.2. The summed E-state index contributed by atoms with van der Waals surface area (Å²) in [6.45, 7) is 0. The molecule has 1 aromatic heterocycles. The number of aromatic amines is 1. The van der Waals surface area contributed by atoms with E-state index in [1.807, 2.05) is 0 Å². The molecule has 0 bridgehead atoms. The van der Waals surface area contributed by atoms with Crippen molar-refractivity contribution in [2.45, 2.75) is 12.2 Å². The second-order valence-electron chi connectivity index (χ2n) is 4.32. The van der Waals surface area contributed by atoms with E-state index in [0.29, 0.717) is 0 Å². The van der Waals surface area contributed by atoms with Crippen LogP contribution in [0.5, 0.6) is 0 Å². The van der Waals surface area contributed by atoms with Crippen molar-refractivity contribution in [1.29, 1.82) is 0 Å². The van der Waals surface area contributed by atoms with Crippen LogP contribution in [0, 0.1) is 0 Å². The molecule has 10 heteroatoms. The number of sulfonamides is 1. The molecule has 0 unspecified atom stereocenters. The van der Waals surface area contributed by atoms with Crippen LogP contribution in [0.15, 0.2) is 30.6 Å². The molecule has 0 aliphatic heterocycles. The maximum atomic E-state index is 12.7. The van der Waals surface area contributed by atoms with Crippen LogP contribution in [0.2, 0.25) is 0 Å². The van der Waals surface area contributed by atoms with Gasteiger partial charge in [0.2, 0.25) is 10.0 Å². The second kappa shape index (κ2) is 5.45. The van der Waals surface area contributed by atoms with Gasteiger partial charge in [0.05, 0.1) is 11.8 Å². The van der Waals surface area contributed by atoms with Crippen LogP contribution < -0.4 is 4.72 Å². The summed E-state index contributed by atoms with van der Waals surface area (Å²) in [7, 11) is -3.66. The second-order valence-corrected chi connectivity index (χ2v) is 6.10. The Balaban J connectivity index is 2.47. The SMILES string of the molecule is CS(=O)(=O)N[C@H](c1cccc(C(F)(F)F)c1)c1ncn[nH]1. The molecule has 2 N–H and O–H groups in total. The first-order chi connectivity index (χ1) is 9.67. The van der Waals surface area contributed by atoms with Gasteiger partial charge in [-0.05, 0) is 17.7 Å². The molecule has 114 valence electrons. The van der Waals surface area contributed by atoms with E-state index >= 15 is 0 Å². The molecular weight excluding hydrogens is 309 g/mol. The van der Waals surface area contributed by atoms with Gasteiger partial charge in [-0.3, -0.25) is 5.10 Å². The minimum atomic E-state index is -4.52. The number of benzene rings is 1. The fraction of sp³-hybridized carbons (Fsp3) is 0.273. The highest BCUT2D eigenvalue weighted by molar-refractivity contribution is 7.88. The number of hydrogen-bond acceptors (Lipinski definition) is 4. The van der Waals surface area contributed by atoms with E-state index in [4.69, 9.17) is 0 Å². The van der Waals surface area contributed by atoms with Gasteiger partial charge < -0.3 is 0 Å². The van der Waals surface area contributed by atoms with Gasteiger partial charge in [-0.25, -0.2) is 18.1 Å². The topological polar surface area (TPSA) is 87.7 Å². The van der Waals surface area contributed by atoms with Gasteiger partial charge in [-0.2, -0.15) is 18.3 Å². The lowest BCUT2D eigenvalue weighted by Gasteiger charge is -2.17. The molecule has 6 nitrogen and oxygen atoms in total. The molecular formula is C11H11F3N4O2S. The Morgan fingerprint density at radius 2 is 2.05 bits per heavy atom. The quantitative estimate of drug-likeness (QED) is 0.893. The predicted molar refractivity (Wildman–Crippen MR) is 67.6 cm³/mol. The largest absolute Gasteiger partial charge is 0.416 e. The van der Waals surface area contributed by atoms with Crippen molar-refractivity contribution in [3.8, 4) is 0 Å². The zero-order chi connectivity index (χ0) is 15.7. The van der Waals surface area contributed by atoms with Crippen LogP contribution in [0.3, 0.4) is 0 Å². The van der Waals surface area contributed by atoms with Gasteiger partial charge in [0, 0.05) is 0 Å². The maximum absolute atomic E-state index is 12.7. The smallest absolute Gasteiger partial charge is 0.262 e. The number of rotatable bonds is 4. The van der Waals surface area contributed by atoms with Crippen molar-refractivity contribution in [3.05, 3.63) is 47.5 Å². The van der Waals surface area contributed by atoms with Crippen LogP contribution in [0.1, 0.15) is 23.0 Å². The minimum Gasteiger partial charge on any atom is -0.262 e. The molecule has 0 fully saturated rings. The first kappa shape index (κ1) is 15.4. The van der Waals surface area contributed by atoms with Gasteiger partial charge in [-0.15, -0.1) is 0 Å². The highest BCUT2D eigenvalue weighted by atomic mass is 32.2. The highest BCUT2D eigenvalue weighted by Crippen LogP contribution is 2.31. The van der Waals surface area contributed by atoms with Gasteiger partial charge in [0.15, 0.2) is 0 Å². The van der Waals surface area contributed by atoms with Gasteiger partial charge in [0.25, 0.3) is 0 Å². The fourth-order valence-electron chi connectivity index (χ4n) is 1.74. The van der Waals surface area contributed by atoms with E-state index in [9.17, 15) is 21.6 Å². The lowest BCUT2D eigenvalue weighted by atomic mass is 10.0. The summed E-state index contributed by atoms with van der Waals surface area (Å²) >= 11 is 0. The van der Waals surface area contributed by atoms with Crippen molar-refractivity contribution in [3.63, 3.8) is 0 Å². The Morgan fingerprint density at radius 1 is 1.33 bits per heavy atom. The monoisotopic (exact) mass is 320 g/mol. The first-order valence-electron chi connectivity index (χ1n) is 5.66. The molecule has 0 aliphatic carbocycles. The van der Waals surface area contributed by atoms with Gasteiger partial charge in [-0.1, -0.05) is 12.1 Å². The first-order valence-corrected chi connectivity index (χ1v) is 7.56. The molecule has 0 spiro atoms. The van der Waals surface area contributed by atoms with E-state index in [2.05, 4.69) is 19.9 Å². The van der Waals surface area contributed by atoms with Crippen LogP contribution in [0.4, 0.5) is 13.2 Å². The lowest BCUT2D eigenvalue weighted by Crippen LogP contribution is -2.29. The Labute approximate surface area is 118 Å². The van der Waals surface area contributed by atoms with Crippen LogP contribution in [0.25, 0.3) is 0 Å². The summed E-state index contributed by atoms with van der Waals surface area (Å²) in [5.74, 6) is 0.0970. The van der Waals surface area contributed by atoms with Crippen molar-refractivity contribution in [1.82, 2.24) is 19.9 Å². The third-order valence-electron chi connectivity index (χ3n) is 2.59. The zero-order valence-electron chi connectivity index (χ0n) is 10.7. The van der Waals surface area contributed by atoms with Crippen molar-refractivity contribution in [2.75, 3.05) is 6.26 Å². The summed E-state index contributed by atoms with van der Waals surface area (Å²) in [5, 5.41) is 6.02. The molecule has 1 aromatic carbocycles. The normalized spacial score (nSPS) is 14.1. The van der Waals surface area contributed by atoms with Gasteiger partial charge >= 0.3 is 6.18 Å². The molecule has 0 amide bonds. The summed E-state index contributed by atoms with van der Waals surface area (Å²) in [6.07, 6.45) is -2.48. The molecule has 1 heterocycles. The van der Waals surface area contributed by atoms with Crippen LogP contribution in [-0.2, 0) is 16.2 Å². The summed E-state index contributed by atoms with van der Waals surface area (Å²) in [5.41, 5.74) is -0.771. The Hall–Kier alpha value is -1.94. The van der Waals surface area contributed by atoms with E-state index in [0.717, 1.165) is 24.7 Å². The maximum Gasteiger partial charge on any atom is 0.416 e. The van der Waals surface area contributed by atoms with E-state index in [1.165, 1.54) is 12.1 Å². The molecule has 2 aromatic rings. The minimum absolute atomic E-state index is 0.0970. The number of alkyl halides is 3. The van der Waals surface area contributed by atoms with Crippen LogP contribution in [-0.4, -0.2) is 29.9 Å². The molecule has 21 heavy (non-hydrogen) atoms. The Morgan fingerprint density at radius 3 is 2.57 bits per heavy atom. The zero-order valence-corrected chi connectivity index (χ0v) is 11.5. The number of nitrogens with zero attached hydrogens (tertiary/aromatic N) is 2. The number of H-pyrrole nitrogens is 1. The molecule has 0 saturated carbocycles. The summed E-state index contributed by atoms with van der Waals surface area (Å²) in [6, 6.07) is 3.27. The molecule has 0 saturated heterocycles. The van der Waals surface area contributed by atoms with Crippen molar-refractivity contribution in [2.24, 2.45) is 0 Å². The molecule has 0 aliphatic rings. The average molecular weight is 320 g/mol. The number of halogens is 3.